The molecule has 10 nitrogen and oxygen atoms in total. The van der Waals surface area contributed by atoms with Crippen LogP contribution in [0.4, 0.5) is 11.4 Å². The molecular weight excluding hydrogens is 458 g/mol. The van der Waals surface area contributed by atoms with E-state index >= 15 is 0 Å². The van der Waals surface area contributed by atoms with Crippen molar-refractivity contribution in [3.05, 3.63) is 24.3 Å². The Morgan fingerprint density at radius 2 is 1.81 bits per heavy atom. The van der Waals surface area contributed by atoms with Crippen LogP contribution in [-0.4, -0.2) is 73.1 Å². The summed E-state index contributed by atoms with van der Waals surface area (Å²) in [5.74, 6) is -0.248. The summed E-state index contributed by atoms with van der Waals surface area (Å²) in [5.41, 5.74) is 8.03. The highest BCUT2D eigenvalue weighted by molar-refractivity contribution is 5.81. The second-order valence-corrected chi connectivity index (χ2v) is 11.6. The lowest BCUT2D eigenvalue weighted by Crippen LogP contribution is -2.77. The Balaban J connectivity index is 1.11. The van der Waals surface area contributed by atoms with E-state index in [4.69, 9.17) is 0 Å². The number of carboxylic acid groups (broad SMARTS) is 1. The van der Waals surface area contributed by atoms with Gasteiger partial charge in [0.05, 0.1) is 18.0 Å². The van der Waals surface area contributed by atoms with Gasteiger partial charge in [-0.2, -0.15) is 0 Å². The number of hydrazine groups is 1. The summed E-state index contributed by atoms with van der Waals surface area (Å²) in [6.07, 6.45) is 4.97. The van der Waals surface area contributed by atoms with E-state index in [1.165, 1.54) is 18.5 Å². The van der Waals surface area contributed by atoms with Crippen LogP contribution in [0.2, 0.25) is 0 Å². The molecule has 5 atom stereocenters. The molecule has 0 bridgehead atoms. The molecule has 0 radical (unpaired) electrons. The fourth-order valence-electron chi connectivity index (χ4n) is 6.75. The summed E-state index contributed by atoms with van der Waals surface area (Å²) in [4.78, 5) is 29.0. The summed E-state index contributed by atoms with van der Waals surface area (Å²) < 4.78 is 0. The zero-order valence-electron chi connectivity index (χ0n) is 21.0. The van der Waals surface area contributed by atoms with Crippen molar-refractivity contribution in [3.8, 4) is 0 Å². The topological polar surface area (TPSA) is 121 Å². The van der Waals surface area contributed by atoms with Crippen LogP contribution in [0.5, 0.6) is 0 Å². The molecule has 6 rings (SSSR count). The first kappa shape index (κ1) is 24.0. The highest BCUT2D eigenvalue weighted by Gasteiger charge is 2.58. The first-order valence-corrected chi connectivity index (χ1v) is 13.6. The van der Waals surface area contributed by atoms with Gasteiger partial charge in [0.25, 0.3) is 0 Å². The minimum absolute atomic E-state index is 0.00641. The Labute approximate surface area is 212 Å². The summed E-state index contributed by atoms with van der Waals surface area (Å²) in [7, 11) is 0. The van der Waals surface area contributed by atoms with Gasteiger partial charge >= 0.3 is 5.97 Å². The lowest BCUT2D eigenvalue weighted by Gasteiger charge is -2.49. The Hall–Kier alpha value is -2.40. The minimum atomic E-state index is -0.632. The molecule has 0 aromatic heterocycles. The van der Waals surface area contributed by atoms with E-state index in [9.17, 15) is 14.7 Å². The number of carbonyl (C=O) groups excluding carboxylic acids is 1. The van der Waals surface area contributed by atoms with Crippen LogP contribution >= 0.6 is 0 Å². The van der Waals surface area contributed by atoms with Crippen molar-refractivity contribution < 1.29 is 14.7 Å². The van der Waals surface area contributed by atoms with E-state index in [2.05, 4.69) is 67.8 Å². The Bertz CT molecular complexity index is 972. The largest absolute Gasteiger partial charge is 0.481 e. The Morgan fingerprint density at radius 1 is 1.08 bits per heavy atom. The number of nitrogens with one attached hydrogen (secondary N) is 5. The summed E-state index contributed by atoms with van der Waals surface area (Å²) in [6, 6.07) is 8.48. The molecule has 5 aliphatic rings. The van der Waals surface area contributed by atoms with Gasteiger partial charge in [0, 0.05) is 50.1 Å². The van der Waals surface area contributed by atoms with Crippen LogP contribution in [-0.2, 0) is 9.59 Å². The smallest absolute Gasteiger partial charge is 0.307 e. The van der Waals surface area contributed by atoms with Crippen molar-refractivity contribution in [2.24, 2.45) is 23.2 Å². The fraction of sp³-hybridized carbons (Fsp3) is 0.692. The van der Waals surface area contributed by atoms with Gasteiger partial charge < -0.3 is 15.3 Å². The molecule has 1 saturated carbocycles. The zero-order chi connectivity index (χ0) is 24.9. The number of likely N-dealkylation sites (tertiary alicyclic amines) is 1. The first-order valence-electron chi connectivity index (χ1n) is 13.6. The second kappa shape index (κ2) is 9.48. The number of carboxylic acids is 1. The highest BCUT2D eigenvalue weighted by atomic mass is 16.4. The van der Waals surface area contributed by atoms with Gasteiger partial charge in [-0.15, -0.1) is 0 Å². The zero-order valence-corrected chi connectivity index (χ0v) is 21.0. The molecule has 4 aliphatic heterocycles. The van der Waals surface area contributed by atoms with Crippen LogP contribution in [0.25, 0.3) is 0 Å². The number of aliphatic carboxylic acids is 1. The van der Waals surface area contributed by atoms with Gasteiger partial charge in [0.1, 0.15) is 6.29 Å². The fourth-order valence-corrected chi connectivity index (χ4v) is 6.75. The van der Waals surface area contributed by atoms with Crippen molar-refractivity contribution >= 4 is 23.3 Å². The van der Waals surface area contributed by atoms with E-state index in [0.29, 0.717) is 6.54 Å². The third-order valence-corrected chi connectivity index (χ3v) is 9.32. The van der Waals surface area contributed by atoms with Crippen LogP contribution in [0.15, 0.2) is 24.3 Å². The number of nitrogens with zero attached hydrogens (tertiary/aromatic N) is 2. The SMILES string of the molecule is CC1CCN(C2NC3CNNC(=O)C3C(Nc3ccc(N4CCC5(CC4)CC5C(=O)O)cc3)N2)CC1. The van der Waals surface area contributed by atoms with Crippen LogP contribution in [0.3, 0.4) is 0 Å². The molecule has 10 heteroatoms. The average Bonchev–Trinajstić information content (AvgIpc) is 3.59. The summed E-state index contributed by atoms with van der Waals surface area (Å²) in [6.45, 7) is 6.91. The molecule has 196 valence electrons. The first-order chi connectivity index (χ1) is 17.4. The van der Waals surface area contributed by atoms with Gasteiger partial charge in [0.2, 0.25) is 5.91 Å². The maximum absolute atomic E-state index is 12.8. The molecule has 4 heterocycles. The summed E-state index contributed by atoms with van der Waals surface area (Å²) in [5, 5.41) is 20.3. The lowest BCUT2D eigenvalue weighted by atomic mass is 9.90. The molecule has 6 N–H and O–H groups in total. The van der Waals surface area contributed by atoms with E-state index in [1.807, 2.05) is 0 Å². The average molecular weight is 498 g/mol. The number of hydrogen-bond acceptors (Lipinski definition) is 8. The van der Waals surface area contributed by atoms with Crippen LogP contribution in [0, 0.1) is 23.2 Å². The number of rotatable bonds is 5. The number of fused-ring (bicyclic) bond motifs is 1. The van der Waals surface area contributed by atoms with Gasteiger partial charge in [-0.05, 0) is 67.7 Å². The summed E-state index contributed by atoms with van der Waals surface area (Å²) >= 11 is 0. The van der Waals surface area contributed by atoms with E-state index in [-0.39, 0.29) is 41.7 Å². The molecule has 1 aromatic carbocycles. The molecule has 36 heavy (non-hydrogen) atoms. The van der Waals surface area contributed by atoms with Crippen LogP contribution < -0.4 is 31.7 Å². The highest BCUT2D eigenvalue weighted by Crippen LogP contribution is 2.59. The number of anilines is 2. The van der Waals surface area contributed by atoms with Crippen molar-refractivity contribution in [1.29, 1.82) is 0 Å². The Morgan fingerprint density at radius 3 is 2.47 bits per heavy atom. The third kappa shape index (κ3) is 4.55. The lowest BCUT2D eigenvalue weighted by molar-refractivity contribution is -0.139. The number of piperidine rings is 2. The van der Waals surface area contributed by atoms with E-state index < -0.39 is 5.97 Å². The van der Waals surface area contributed by atoms with Gasteiger partial charge in [0.15, 0.2) is 0 Å². The quantitative estimate of drug-likeness (QED) is 0.353. The standard InChI is InChI=1S/C26H39N7O3/c1-16-6-10-33(11-7-16)25-29-20-15-27-31-23(34)21(20)22(30-25)28-17-2-4-18(5-3-17)32-12-8-26(9-13-32)14-19(26)24(35)36/h2-5,16,19-22,25,27-30H,6-15H2,1H3,(H,31,34)(H,35,36). The number of carbonyl (C=O) groups is 2. The second-order valence-electron chi connectivity index (χ2n) is 11.6. The number of amides is 1. The Kier molecular flexibility index (Phi) is 6.31. The maximum Gasteiger partial charge on any atom is 0.307 e. The maximum atomic E-state index is 12.8. The molecule has 1 amide bonds. The number of hydrogen-bond donors (Lipinski definition) is 6. The van der Waals surface area contributed by atoms with E-state index in [1.54, 1.807) is 0 Å². The molecule has 4 saturated heterocycles. The normalized spacial score (nSPS) is 34.6. The molecule has 5 fully saturated rings. The minimum Gasteiger partial charge on any atom is -0.481 e. The molecule has 1 aliphatic carbocycles. The molecule has 5 unspecified atom stereocenters. The van der Waals surface area contributed by atoms with Crippen LogP contribution in [0.1, 0.15) is 39.0 Å². The number of benzene rings is 1. The van der Waals surface area contributed by atoms with Gasteiger partial charge in [-0.3, -0.25) is 30.5 Å². The predicted molar refractivity (Wildman–Crippen MR) is 137 cm³/mol. The molecular formula is C26H39N7O3. The van der Waals surface area contributed by atoms with E-state index in [0.717, 1.165) is 57.0 Å². The molecule has 1 spiro atoms. The van der Waals surface area contributed by atoms with Crippen molar-refractivity contribution in [2.75, 3.05) is 42.9 Å². The third-order valence-electron chi connectivity index (χ3n) is 9.32. The van der Waals surface area contributed by atoms with Gasteiger partial charge in [-0.1, -0.05) is 6.92 Å². The molecule has 1 aromatic rings. The van der Waals surface area contributed by atoms with Crippen molar-refractivity contribution in [2.45, 2.75) is 57.5 Å². The van der Waals surface area contributed by atoms with Crippen molar-refractivity contribution in [1.82, 2.24) is 26.4 Å². The monoisotopic (exact) mass is 497 g/mol. The van der Waals surface area contributed by atoms with Crippen molar-refractivity contribution in [3.63, 3.8) is 0 Å². The predicted octanol–water partition coefficient (Wildman–Crippen LogP) is 0.943. The van der Waals surface area contributed by atoms with Gasteiger partial charge in [-0.25, -0.2) is 5.43 Å².